The van der Waals surface area contributed by atoms with Crippen molar-refractivity contribution in [3.63, 3.8) is 0 Å². The molecule has 21 heavy (non-hydrogen) atoms. The quantitative estimate of drug-likeness (QED) is 0.881. The normalized spacial score (nSPS) is 11.4. The lowest BCUT2D eigenvalue weighted by atomic mass is 10.1. The van der Waals surface area contributed by atoms with Gasteiger partial charge >= 0.3 is 0 Å². The van der Waals surface area contributed by atoms with E-state index >= 15 is 0 Å². The predicted molar refractivity (Wildman–Crippen MR) is 82.0 cm³/mol. The minimum absolute atomic E-state index is 0.0744. The topological polar surface area (TPSA) is 79.9 Å². The zero-order valence-electron chi connectivity index (χ0n) is 12.1. The van der Waals surface area contributed by atoms with E-state index in [2.05, 4.69) is 16.5 Å². The van der Waals surface area contributed by atoms with Crippen LogP contribution >= 0.6 is 0 Å². The SMILES string of the molecule is C=Cc1c(-c2ccc(S(C)(=O)=O)cn2)[nH]c(C(C)=O)c1C. The number of rotatable bonds is 4. The Labute approximate surface area is 123 Å². The maximum Gasteiger partial charge on any atom is 0.177 e. The molecule has 0 unspecified atom stereocenters. The molecular formula is C15H16N2O3S. The summed E-state index contributed by atoms with van der Waals surface area (Å²) in [6.07, 6.45) is 4.09. The Kier molecular flexibility index (Phi) is 3.82. The standard InChI is InChI=1S/C15H16N2O3S/c1-5-12-9(2)14(10(3)18)17-15(12)13-7-6-11(8-16-13)21(4,19)20/h5-8,17H,1H2,2-4H3. The van der Waals surface area contributed by atoms with Crippen LogP contribution in [0.15, 0.2) is 29.8 Å². The molecule has 0 aromatic carbocycles. The smallest absolute Gasteiger partial charge is 0.177 e. The Hall–Kier alpha value is -2.21. The Bertz CT molecular complexity index is 815. The van der Waals surface area contributed by atoms with E-state index in [1.807, 2.05) is 6.92 Å². The first-order valence-electron chi connectivity index (χ1n) is 6.28. The van der Waals surface area contributed by atoms with Gasteiger partial charge in [-0.1, -0.05) is 12.7 Å². The number of carbonyl (C=O) groups is 1. The second-order valence-corrected chi connectivity index (χ2v) is 6.84. The van der Waals surface area contributed by atoms with Gasteiger partial charge in [-0.25, -0.2) is 8.42 Å². The Morgan fingerprint density at radius 2 is 2.05 bits per heavy atom. The first-order valence-corrected chi connectivity index (χ1v) is 8.17. The molecule has 0 aliphatic carbocycles. The number of hydrogen-bond acceptors (Lipinski definition) is 4. The van der Waals surface area contributed by atoms with E-state index in [-0.39, 0.29) is 10.7 Å². The fourth-order valence-corrected chi connectivity index (χ4v) is 2.72. The lowest BCUT2D eigenvalue weighted by Gasteiger charge is -2.02. The number of hydrogen-bond donors (Lipinski definition) is 1. The van der Waals surface area contributed by atoms with Gasteiger partial charge in [-0.3, -0.25) is 9.78 Å². The summed E-state index contributed by atoms with van der Waals surface area (Å²) < 4.78 is 22.9. The number of aromatic nitrogens is 2. The average molecular weight is 304 g/mol. The maximum absolute atomic E-state index is 11.6. The van der Waals surface area contributed by atoms with Crippen LogP contribution in [-0.4, -0.2) is 30.4 Å². The number of ketones is 1. The Morgan fingerprint density at radius 1 is 1.38 bits per heavy atom. The molecule has 2 aromatic rings. The molecule has 2 heterocycles. The monoisotopic (exact) mass is 304 g/mol. The highest BCUT2D eigenvalue weighted by Crippen LogP contribution is 2.28. The van der Waals surface area contributed by atoms with Crippen molar-refractivity contribution in [2.24, 2.45) is 0 Å². The second kappa shape index (κ2) is 5.29. The summed E-state index contributed by atoms with van der Waals surface area (Å²) in [5, 5.41) is 0. The van der Waals surface area contributed by atoms with E-state index in [1.165, 1.54) is 19.2 Å². The average Bonchev–Trinajstić information content (AvgIpc) is 2.75. The molecule has 0 fully saturated rings. The molecular weight excluding hydrogens is 288 g/mol. The van der Waals surface area contributed by atoms with Gasteiger partial charge in [0.15, 0.2) is 15.6 Å². The molecule has 0 amide bonds. The third kappa shape index (κ3) is 2.80. The van der Waals surface area contributed by atoms with Crippen LogP contribution in [0, 0.1) is 6.92 Å². The molecule has 0 atom stereocenters. The summed E-state index contributed by atoms with van der Waals surface area (Å²) in [5.74, 6) is -0.0744. The molecule has 6 heteroatoms. The van der Waals surface area contributed by atoms with Gasteiger partial charge in [-0.2, -0.15) is 0 Å². The van der Waals surface area contributed by atoms with Crippen molar-refractivity contribution in [1.29, 1.82) is 0 Å². The van der Waals surface area contributed by atoms with Gasteiger partial charge in [0.2, 0.25) is 0 Å². The van der Waals surface area contributed by atoms with Gasteiger partial charge in [0.1, 0.15) is 0 Å². The number of carbonyl (C=O) groups excluding carboxylic acids is 1. The van der Waals surface area contributed by atoms with Crippen LogP contribution in [-0.2, 0) is 9.84 Å². The van der Waals surface area contributed by atoms with Crippen molar-refractivity contribution < 1.29 is 13.2 Å². The minimum Gasteiger partial charge on any atom is -0.350 e. The number of pyridine rings is 1. The molecule has 0 spiro atoms. The highest BCUT2D eigenvalue weighted by molar-refractivity contribution is 7.90. The number of nitrogens with one attached hydrogen (secondary N) is 1. The Morgan fingerprint density at radius 3 is 2.48 bits per heavy atom. The van der Waals surface area contributed by atoms with E-state index in [9.17, 15) is 13.2 Å². The number of Topliss-reactive ketones (excluding diaryl/α,β-unsaturated/α-hetero) is 1. The summed E-state index contributed by atoms with van der Waals surface area (Å²) in [6.45, 7) is 7.07. The zero-order chi connectivity index (χ0) is 15.8. The van der Waals surface area contributed by atoms with Gasteiger partial charge in [0, 0.05) is 24.9 Å². The molecule has 0 saturated heterocycles. The summed E-state index contributed by atoms with van der Waals surface area (Å²) in [5.41, 5.74) is 3.33. The Balaban J connectivity index is 2.59. The molecule has 0 aliphatic heterocycles. The molecule has 2 rings (SSSR count). The van der Waals surface area contributed by atoms with Gasteiger partial charge in [-0.05, 0) is 24.6 Å². The lowest BCUT2D eigenvalue weighted by molar-refractivity contribution is 0.101. The zero-order valence-corrected chi connectivity index (χ0v) is 12.9. The largest absolute Gasteiger partial charge is 0.350 e. The van der Waals surface area contributed by atoms with Crippen LogP contribution in [0.3, 0.4) is 0 Å². The van der Waals surface area contributed by atoms with Crippen LogP contribution in [0.1, 0.15) is 28.5 Å². The molecule has 0 aliphatic rings. The summed E-state index contributed by atoms with van der Waals surface area (Å²) >= 11 is 0. The van der Waals surface area contributed by atoms with Crippen LogP contribution in [0.2, 0.25) is 0 Å². The maximum atomic E-state index is 11.6. The highest BCUT2D eigenvalue weighted by atomic mass is 32.2. The summed E-state index contributed by atoms with van der Waals surface area (Å²) in [4.78, 5) is 19.0. The lowest BCUT2D eigenvalue weighted by Crippen LogP contribution is -1.98. The minimum atomic E-state index is -3.28. The fourth-order valence-electron chi connectivity index (χ4n) is 2.16. The highest BCUT2D eigenvalue weighted by Gasteiger charge is 2.17. The molecule has 0 radical (unpaired) electrons. The van der Waals surface area contributed by atoms with Crippen molar-refractivity contribution in [2.45, 2.75) is 18.7 Å². The number of sulfone groups is 1. The number of H-pyrrole nitrogens is 1. The molecule has 110 valence electrons. The van der Waals surface area contributed by atoms with Crippen molar-refractivity contribution in [1.82, 2.24) is 9.97 Å². The molecule has 2 aromatic heterocycles. The number of nitrogens with zero attached hydrogens (tertiary/aromatic N) is 1. The third-order valence-electron chi connectivity index (χ3n) is 3.28. The van der Waals surface area contributed by atoms with E-state index in [4.69, 9.17) is 0 Å². The van der Waals surface area contributed by atoms with Crippen molar-refractivity contribution in [3.05, 3.63) is 41.7 Å². The first-order chi connectivity index (χ1) is 9.75. The van der Waals surface area contributed by atoms with Crippen LogP contribution in [0.5, 0.6) is 0 Å². The fraction of sp³-hybridized carbons (Fsp3) is 0.200. The molecule has 1 N–H and O–H groups in total. The third-order valence-corrected chi connectivity index (χ3v) is 4.37. The summed E-state index contributed by atoms with van der Waals surface area (Å²) in [6, 6.07) is 3.10. The van der Waals surface area contributed by atoms with E-state index < -0.39 is 9.84 Å². The van der Waals surface area contributed by atoms with E-state index in [1.54, 1.807) is 12.1 Å². The van der Waals surface area contributed by atoms with Gasteiger partial charge < -0.3 is 4.98 Å². The van der Waals surface area contributed by atoms with E-state index in [0.29, 0.717) is 17.1 Å². The van der Waals surface area contributed by atoms with Crippen molar-refractivity contribution in [2.75, 3.05) is 6.26 Å². The van der Waals surface area contributed by atoms with Crippen LogP contribution in [0.4, 0.5) is 0 Å². The predicted octanol–water partition coefficient (Wildman–Crippen LogP) is 2.63. The first kappa shape index (κ1) is 15.2. The van der Waals surface area contributed by atoms with Crippen molar-refractivity contribution in [3.8, 4) is 11.4 Å². The summed E-state index contributed by atoms with van der Waals surface area (Å²) in [7, 11) is -3.28. The van der Waals surface area contributed by atoms with E-state index in [0.717, 1.165) is 17.4 Å². The van der Waals surface area contributed by atoms with Gasteiger partial charge in [0.25, 0.3) is 0 Å². The number of aromatic amines is 1. The molecule has 0 saturated carbocycles. The van der Waals surface area contributed by atoms with Gasteiger partial charge in [0.05, 0.1) is 22.0 Å². The van der Waals surface area contributed by atoms with Crippen LogP contribution < -0.4 is 0 Å². The van der Waals surface area contributed by atoms with Crippen molar-refractivity contribution >= 4 is 21.7 Å². The second-order valence-electron chi connectivity index (χ2n) is 4.83. The van der Waals surface area contributed by atoms with Gasteiger partial charge in [-0.15, -0.1) is 0 Å². The molecule has 5 nitrogen and oxygen atoms in total. The van der Waals surface area contributed by atoms with Crippen LogP contribution in [0.25, 0.3) is 17.5 Å². The molecule has 0 bridgehead atoms.